The van der Waals surface area contributed by atoms with Gasteiger partial charge in [-0.05, 0) is 55.0 Å². The fourth-order valence-electron chi connectivity index (χ4n) is 3.68. The van der Waals surface area contributed by atoms with Gasteiger partial charge in [-0.25, -0.2) is 30.4 Å². The minimum absolute atomic E-state index is 0.0456. The van der Waals surface area contributed by atoms with E-state index < -0.39 is 46.6 Å². The third-order valence-electron chi connectivity index (χ3n) is 5.50. The van der Waals surface area contributed by atoms with Crippen LogP contribution in [0.5, 0.6) is 0 Å². The van der Waals surface area contributed by atoms with Crippen LogP contribution < -0.4 is 10.5 Å². The van der Waals surface area contributed by atoms with Crippen LogP contribution in [0.2, 0.25) is 0 Å². The first-order valence-corrected chi connectivity index (χ1v) is 15.5. The van der Waals surface area contributed by atoms with Crippen LogP contribution in [-0.4, -0.2) is 48.7 Å². The minimum atomic E-state index is -4.29. The van der Waals surface area contributed by atoms with E-state index >= 15 is 0 Å². The van der Waals surface area contributed by atoms with Crippen molar-refractivity contribution in [1.29, 1.82) is 0 Å². The summed E-state index contributed by atoms with van der Waals surface area (Å²) in [6, 6.07) is 15.2. The van der Waals surface area contributed by atoms with E-state index in [1.165, 1.54) is 60.7 Å². The van der Waals surface area contributed by atoms with Gasteiger partial charge in [-0.2, -0.15) is 0 Å². The van der Waals surface area contributed by atoms with Crippen LogP contribution in [0.1, 0.15) is 12.2 Å². The van der Waals surface area contributed by atoms with Gasteiger partial charge in [-0.1, -0.05) is 18.2 Å². The number of sulfone groups is 2. The SMILES string of the molecule is NS(=O)(=O)c1ccc(-c2ccc(/C=C(\C(=O)NC3CCS(=O)(=O)C3)S(=O)(=O)c3ccccc3)o2)cc1. The Hall–Kier alpha value is -3.26. The lowest BCUT2D eigenvalue weighted by atomic mass is 10.2. The van der Waals surface area contributed by atoms with Crippen molar-refractivity contribution in [2.75, 3.05) is 11.5 Å². The first-order chi connectivity index (χ1) is 16.8. The van der Waals surface area contributed by atoms with Crippen molar-refractivity contribution >= 4 is 41.7 Å². The smallest absolute Gasteiger partial charge is 0.263 e. The van der Waals surface area contributed by atoms with Gasteiger partial charge in [-0.15, -0.1) is 0 Å². The number of furan rings is 1. The fraction of sp³-hybridized carbons (Fsp3) is 0.174. The van der Waals surface area contributed by atoms with Gasteiger partial charge in [0.25, 0.3) is 5.91 Å². The molecule has 2 heterocycles. The normalized spacial score (nSPS) is 18.1. The lowest BCUT2D eigenvalue weighted by molar-refractivity contribution is -0.117. The van der Waals surface area contributed by atoms with E-state index in [1.807, 2.05) is 0 Å². The molecule has 3 aromatic rings. The topological polar surface area (TPSA) is 171 Å². The molecule has 190 valence electrons. The average molecular weight is 551 g/mol. The van der Waals surface area contributed by atoms with Crippen molar-refractivity contribution in [3.05, 3.63) is 77.4 Å². The van der Waals surface area contributed by atoms with Crippen LogP contribution in [-0.2, 0) is 34.5 Å². The highest BCUT2D eigenvalue weighted by Crippen LogP contribution is 2.27. The number of nitrogens with two attached hydrogens (primary N) is 1. The van der Waals surface area contributed by atoms with E-state index in [4.69, 9.17) is 9.56 Å². The van der Waals surface area contributed by atoms with Gasteiger partial charge in [-0.3, -0.25) is 4.79 Å². The Labute approximate surface area is 208 Å². The van der Waals surface area contributed by atoms with Crippen molar-refractivity contribution in [1.82, 2.24) is 5.32 Å². The van der Waals surface area contributed by atoms with Gasteiger partial charge >= 0.3 is 0 Å². The predicted molar refractivity (Wildman–Crippen MR) is 132 cm³/mol. The van der Waals surface area contributed by atoms with Crippen molar-refractivity contribution in [2.24, 2.45) is 5.14 Å². The van der Waals surface area contributed by atoms with Gasteiger partial charge < -0.3 is 9.73 Å². The zero-order chi connectivity index (χ0) is 26.1. The zero-order valence-corrected chi connectivity index (χ0v) is 21.1. The summed E-state index contributed by atoms with van der Waals surface area (Å²) in [4.78, 5) is 12.3. The van der Waals surface area contributed by atoms with Gasteiger partial charge in [0.15, 0.2) is 9.84 Å². The van der Waals surface area contributed by atoms with E-state index in [2.05, 4.69) is 5.32 Å². The molecule has 1 aliphatic heterocycles. The molecule has 1 atom stereocenters. The van der Waals surface area contributed by atoms with Gasteiger partial charge in [0, 0.05) is 17.7 Å². The summed E-state index contributed by atoms with van der Waals surface area (Å²) in [6.07, 6.45) is 1.26. The fourth-order valence-corrected chi connectivity index (χ4v) is 7.21. The van der Waals surface area contributed by atoms with Crippen LogP contribution in [0, 0.1) is 0 Å². The average Bonchev–Trinajstić information content (AvgIpc) is 3.43. The summed E-state index contributed by atoms with van der Waals surface area (Å²) in [6.45, 7) is 0. The monoisotopic (exact) mass is 550 g/mol. The molecular formula is C23H22N2O8S3. The summed E-state index contributed by atoms with van der Waals surface area (Å²) in [5.74, 6) is -0.966. The van der Waals surface area contributed by atoms with E-state index in [-0.39, 0.29) is 33.5 Å². The van der Waals surface area contributed by atoms with Gasteiger partial charge in [0.05, 0.1) is 21.3 Å². The minimum Gasteiger partial charge on any atom is -0.457 e. The Kier molecular flexibility index (Phi) is 6.92. The highest BCUT2D eigenvalue weighted by atomic mass is 32.2. The van der Waals surface area contributed by atoms with Crippen LogP contribution >= 0.6 is 0 Å². The van der Waals surface area contributed by atoms with Gasteiger partial charge in [0.2, 0.25) is 19.9 Å². The molecule has 2 aromatic carbocycles. The quantitative estimate of drug-likeness (QED) is 0.419. The molecule has 1 amide bonds. The van der Waals surface area contributed by atoms with E-state index in [1.54, 1.807) is 6.07 Å². The highest BCUT2D eigenvalue weighted by Gasteiger charge is 2.33. The van der Waals surface area contributed by atoms with E-state index in [9.17, 15) is 30.0 Å². The molecule has 0 spiro atoms. The lowest BCUT2D eigenvalue weighted by Gasteiger charge is -2.14. The second kappa shape index (κ2) is 9.65. The Morgan fingerprint density at radius 3 is 2.19 bits per heavy atom. The number of nitrogens with one attached hydrogen (secondary N) is 1. The zero-order valence-electron chi connectivity index (χ0n) is 18.7. The molecule has 1 unspecified atom stereocenters. The van der Waals surface area contributed by atoms with Crippen LogP contribution in [0.3, 0.4) is 0 Å². The molecule has 0 radical (unpaired) electrons. The van der Waals surface area contributed by atoms with Crippen molar-refractivity contribution in [2.45, 2.75) is 22.3 Å². The number of hydrogen-bond donors (Lipinski definition) is 2. The first-order valence-electron chi connectivity index (χ1n) is 10.6. The number of carbonyl (C=O) groups excluding carboxylic acids is 1. The summed E-state index contributed by atoms with van der Waals surface area (Å²) in [5, 5.41) is 7.62. The van der Waals surface area contributed by atoms with E-state index in [0.29, 0.717) is 11.3 Å². The maximum Gasteiger partial charge on any atom is 0.263 e. The molecule has 36 heavy (non-hydrogen) atoms. The number of benzene rings is 2. The standard InChI is InChI=1S/C23H22N2O8S3/c24-36(31,32)20-9-6-16(7-10-20)21-11-8-18(33-21)14-22(35(29,30)19-4-2-1-3-5-19)23(26)25-17-12-13-34(27,28)15-17/h1-11,14,17H,12-13,15H2,(H,25,26)(H2,24,31,32)/b22-14+. The van der Waals surface area contributed by atoms with Crippen LogP contribution in [0.25, 0.3) is 17.4 Å². The van der Waals surface area contributed by atoms with Crippen molar-refractivity contribution < 1.29 is 34.5 Å². The molecule has 0 aliphatic carbocycles. The van der Waals surface area contributed by atoms with Gasteiger partial charge in [0.1, 0.15) is 16.4 Å². The summed E-state index contributed by atoms with van der Waals surface area (Å²) in [7, 11) is -11.5. The van der Waals surface area contributed by atoms with Crippen molar-refractivity contribution in [3.63, 3.8) is 0 Å². The number of sulfonamides is 1. The highest BCUT2D eigenvalue weighted by molar-refractivity contribution is 7.96. The molecule has 1 aromatic heterocycles. The molecule has 4 rings (SSSR count). The van der Waals surface area contributed by atoms with Crippen LogP contribution in [0.15, 0.2) is 85.8 Å². The number of carbonyl (C=O) groups is 1. The third kappa shape index (κ3) is 5.75. The summed E-state index contributed by atoms with van der Waals surface area (Å²) >= 11 is 0. The second-order valence-electron chi connectivity index (χ2n) is 8.17. The molecule has 1 aliphatic rings. The molecule has 3 N–H and O–H groups in total. The lowest BCUT2D eigenvalue weighted by Crippen LogP contribution is -2.38. The third-order valence-corrected chi connectivity index (χ3v) is 9.97. The first kappa shape index (κ1) is 25.8. The number of primary sulfonamides is 1. The molecule has 0 saturated carbocycles. The Balaban J connectivity index is 1.69. The molecule has 10 nitrogen and oxygen atoms in total. The number of hydrogen-bond acceptors (Lipinski definition) is 8. The Morgan fingerprint density at radius 1 is 0.944 bits per heavy atom. The maximum absolute atomic E-state index is 13.3. The molecule has 0 bridgehead atoms. The summed E-state index contributed by atoms with van der Waals surface area (Å²) in [5.41, 5.74) is 0.495. The summed E-state index contributed by atoms with van der Waals surface area (Å²) < 4.78 is 78.8. The van der Waals surface area contributed by atoms with Crippen molar-refractivity contribution in [3.8, 4) is 11.3 Å². The number of rotatable bonds is 7. The molecule has 1 saturated heterocycles. The van der Waals surface area contributed by atoms with Crippen LogP contribution in [0.4, 0.5) is 0 Å². The van der Waals surface area contributed by atoms with E-state index in [0.717, 1.165) is 6.08 Å². The molecule has 1 fully saturated rings. The largest absolute Gasteiger partial charge is 0.457 e. The maximum atomic E-state index is 13.3. The Bertz CT molecular complexity index is 1640. The second-order valence-corrected chi connectivity index (χ2v) is 13.9. The predicted octanol–water partition coefficient (Wildman–Crippen LogP) is 1.71. The Morgan fingerprint density at radius 2 is 1.61 bits per heavy atom. The molecular weight excluding hydrogens is 528 g/mol. The number of amides is 1. The molecule has 13 heteroatoms.